The van der Waals surface area contributed by atoms with Gasteiger partial charge in [0.2, 0.25) is 0 Å². The van der Waals surface area contributed by atoms with E-state index in [1.807, 2.05) is 6.92 Å². The van der Waals surface area contributed by atoms with Gasteiger partial charge >= 0.3 is 0 Å². The van der Waals surface area contributed by atoms with E-state index in [9.17, 15) is 4.39 Å². The predicted octanol–water partition coefficient (Wildman–Crippen LogP) is 3.33. The van der Waals surface area contributed by atoms with Crippen molar-refractivity contribution in [2.75, 3.05) is 0 Å². The minimum absolute atomic E-state index is 0.286. The average Bonchev–Trinajstić information content (AvgIpc) is 2.32. The van der Waals surface area contributed by atoms with Gasteiger partial charge in [0.05, 0.1) is 5.88 Å². The SMILES string of the molecule is Cc1ccc(F)cc1-c1ncc(CCl)cn1. The highest BCUT2D eigenvalue weighted by Crippen LogP contribution is 2.20. The van der Waals surface area contributed by atoms with Crippen LogP contribution in [0.2, 0.25) is 0 Å². The molecule has 16 heavy (non-hydrogen) atoms. The smallest absolute Gasteiger partial charge is 0.159 e. The molecule has 2 nitrogen and oxygen atoms in total. The van der Waals surface area contributed by atoms with Crippen molar-refractivity contribution in [1.29, 1.82) is 0 Å². The Morgan fingerprint density at radius 3 is 2.56 bits per heavy atom. The van der Waals surface area contributed by atoms with Crippen molar-refractivity contribution in [2.45, 2.75) is 12.8 Å². The summed E-state index contributed by atoms with van der Waals surface area (Å²) >= 11 is 5.64. The molecule has 0 aliphatic carbocycles. The Morgan fingerprint density at radius 2 is 1.94 bits per heavy atom. The van der Waals surface area contributed by atoms with Crippen molar-refractivity contribution < 1.29 is 4.39 Å². The molecule has 0 spiro atoms. The minimum Gasteiger partial charge on any atom is -0.236 e. The number of hydrogen-bond donors (Lipinski definition) is 0. The molecular formula is C12H10ClFN2. The fraction of sp³-hybridized carbons (Fsp3) is 0.167. The third-order valence-electron chi connectivity index (χ3n) is 2.30. The van der Waals surface area contributed by atoms with Crippen LogP contribution in [0.3, 0.4) is 0 Å². The van der Waals surface area contributed by atoms with Crippen molar-refractivity contribution in [2.24, 2.45) is 0 Å². The van der Waals surface area contributed by atoms with E-state index in [-0.39, 0.29) is 5.82 Å². The lowest BCUT2D eigenvalue weighted by Gasteiger charge is -2.04. The highest BCUT2D eigenvalue weighted by molar-refractivity contribution is 6.17. The van der Waals surface area contributed by atoms with Crippen LogP contribution in [-0.4, -0.2) is 9.97 Å². The topological polar surface area (TPSA) is 25.8 Å². The first-order valence-electron chi connectivity index (χ1n) is 4.84. The number of hydrogen-bond acceptors (Lipinski definition) is 2. The summed E-state index contributed by atoms with van der Waals surface area (Å²) in [5.41, 5.74) is 2.50. The normalized spacial score (nSPS) is 10.4. The molecule has 0 N–H and O–H groups in total. The molecule has 1 heterocycles. The molecular weight excluding hydrogens is 227 g/mol. The largest absolute Gasteiger partial charge is 0.236 e. The van der Waals surface area contributed by atoms with Crippen molar-refractivity contribution >= 4 is 11.6 Å². The van der Waals surface area contributed by atoms with E-state index >= 15 is 0 Å². The number of halogens is 2. The first-order valence-corrected chi connectivity index (χ1v) is 5.37. The van der Waals surface area contributed by atoms with Crippen LogP contribution >= 0.6 is 11.6 Å². The van der Waals surface area contributed by atoms with Crippen molar-refractivity contribution in [3.05, 3.63) is 47.5 Å². The van der Waals surface area contributed by atoms with Crippen molar-refractivity contribution in [3.63, 3.8) is 0 Å². The molecule has 0 amide bonds. The van der Waals surface area contributed by atoms with Crippen LogP contribution in [0.15, 0.2) is 30.6 Å². The molecule has 0 aliphatic rings. The zero-order chi connectivity index (χ0) is 11.5. The number of rotatable bonds is 2. The first-order chi connectivity index (χ1) is 7.70. The van der Waals surface area contributed by atoms with E-state index in [0.717, 1.165) is 11.1 Å². The Labute approximate surface area is 98.1 Å². The predicted molar refractivity (Wildman–Crippen MR) is 61.7 cm³/mol. The van der Waals surface area contributed by atoms with E-state index in [0.29, 0.717) is 17.3 Å². The van der Waals surface area contributed by atoms with Gasteiger partial charge in [-0.25, -0.2) is 14.4 Å². The highest BCUT2D eigenvalue weighted by Gasteiger charge is 2.06. The Hall–Kier alpha value is -1.48. The second-order valence-corrected chi connectivity index (χ2v) is 3.78. The molecule has 4 heteroatoms. The first kappa shape index (κ1) is 11.0. The summed E-state index contributed by atoms with van der Waals surface area (Å²) in [4.78, 5) is 8.32. The van der Waals surface area contributed by atoms with Gasteiger partial charge in [0.15, 0.2) is 5.82 Å². The molecule has 0 fully saturated rings. The second-order valence-electron chi connectivity index (χ2n) is 3.51. The molecule has 2 aromatic rings. The number of benzene rings is 1. The standard InChI is InChI=1S/C12H10ClFN2/c1-8-2-3-10(14)4-11(8)12-15-6-9(5-13)7-16-12/h2-4,6-7H,5H2,1H3. The summed E-state index contributed by atoms with van der Waals surface area (Å²) < 4.78 is 13.1. The molecule has 0 aliphatic heterocycles. The maximum absolute atomic E-state index is 13.1. The third kappa shape index (κ3) is 2.19. The second kappa shape index (κ2) is 4.58. The molecule has 2 rings (SSSR count). The maximum Gasteiger partial charge on any atom is 0.159 e. The summed E-state index contributed by atoms with van der Waals surface area (Å²) in [7, 11) is 0. The summed E-state index contributed by atoms with van der Waals surface area (Å²) in [5, 5.41) is 0. The van der Waals surface area contributed by atoms with Gasteiger partial charge in [-0.05, 0) is 24.6 Å². The molecule has 0 atom stereocenters. The van der Waals surface area contributed by atoms with Crippen molar-refractivity contribution in [3.8, 4) is 11.4 Å². The zero-order valence-corrected chi connectivity index (χ0v) is 9.50. The van der Waals surface area contributed by atoms with Gasteiger partial charge in [-0.2, -0.15) is 0 Å². The van der Waals surface area contributed by atoms with E-state index in [2.05, 4.69) is 9.97 Å². The van der Waals surface area contributed by atoms with Crippen LogP contribution in [0, 0.1) is 12.7 Å². The van der Waals surface area contributed by atoms with Gasteiger partial charge in [0.1, 0.15) is 5.82 Å². The van der Waals surface area contributed by atoms with Crippen LogP contribution in [0.1, 0.15) is 11.1 Å². The molecule has 0 bridgehead atoms. The highest BCUT2D eigenvalue weighted by atomic mass is 35.5. The molecule has 1 aromatic heterocycles. The van der Waals surface area contributed by atoms with Gasteiger partial charge in [0, 0.05) is 23.5 Å². The molecule has 0 unspecified atom stereocenters. The zero-order valence-electron chi connectivity index (χ0n) is 8.74. The quantitative estimate of drug-likeness (QED) is 0.748. The summed E-state index contributed by atoms with van der Waals surface area (Å²) in [6, 6.07) is 4.57. The van der Waals surface area contributed by atoms with E-state index in [1.54, 1.807) is 18.5 Å². The van der Waals surface area contributed by atoms with Crippen LogP contribution in [0.4, 0.5) is 4.39 Å². The van der Waals surface area contributed by atoms with Gasteiger partial charge in [0.25, 0.3) is 0 Å². The average molecular weight is 237 g/mol. The number of alkyl halides is 1. The Bertz CT molecular complexity index is 497. The monoisotopic (exact) mass is 236 g/mol. The van der Waals surface area contributed by atoms with E-state index in [4.69, 9.17) is 11.6 Å². The lowest BCUT2D eigenvalue weighted by Crippen LogP contribution is -1.93. The Morgan fingerprint density at radius 1 is 1.25 bits per heavy atom. The molecule has 0 radical (unpaired) electrons. The number of aryl methyl sites for hydroxylation is 1. The van der Waals surface area contributed by atoms with E-state index in [1.165, 1.54) is 12.1 Å². The molecule has 82 valence electrons. The van der Waals surface area contributed by atoms with Crippen LogP contribution in [0.25, 0.3) is 11.4 Å². The number of aromatic nitrogens is 2. The van der Waals surface area contributed by atoms with Gasteiger partial charge in [-0.1, -0.05) is 6.07 Å². The molecule has 0 saturated heterocycles. The van der Waals surface area contributed by atoms with Crippen LogP contribution in [-0.2, 0) is 5.88 Å². The Balaban J connectivity index is 2.45. The van der Waals surface area contributed by atoms with Crippen LogP contribution in [0.5, 0.6) is 0 Å². The van der Waals surface area contributed by atoms with Gasteiger partial charge < -0.3 is 0 Å². The minimum atomic E-state index is -0.286. The third-order valence-corrected chi connectivity index (χ3v) is 2.61. The fourth-order valence-electron chi connectivity index (χ4n) is 1.40. The molecule has 1 aromatic carbocycles. The molecule has 0 saturated carbocycles. The van der Waals surface area contributed by atoms with E-state index < -0.39 is 0 Å². The fourth-order valence-corrected chi connectivity index (χ4v) is 1.54. The van der Waals surface area contributed by atoms with Crippen molar-refractivity contribution in [1.82, 2.24) is 9.97 Å². The number of nitrogens with zero attached hydrogens (tertiary/aromatic N) is 2. The lowest BCUT2D eigenvalue weighted by atomic mass is 10.1. The van der Waals surface area contributed by atoms with Gasteiger partial charge in [-0.15, -0.1) is 11.6 Å². The summed E-state index contributed by atoms with van der Waals surface area (Å²) in [6.07, 6.45) is 3.30. The van der Waals surface area contributed by atoms with Crippen LogP contribution < -0.4 is 0 Å². The lowest BCUT2D eigenvalue weighted by molar-refractivity contribution is 0.627. The Kier molecular flexibility index (Phi) is 3.15. The van der Waals surface area contributed by atoms with Gasteiger partial charge in [-0.3, -0.25) is 0 Å². The summed E-state index contributed by atoms with van der Waals surface area (Å²) in [6.45, 7) is 1.90. The summed E-state index contributed by atoms with van der Waals surface area (Å²) in [5.74, 6) is 0.610. The maximum atomic E-state index is 13.1.